The van der Waals surface area contributed by atoms with Gasteiger partial charge in [0.2, 0.25) is 5.75 Å². The summed E-state index contributed by atoms with van der Waals surface area (Å²) in [6, 6.07) is 7.49. The average Bonchev–Trinajstić information content (AvgIpc) is 2.42. The van der Waals surface area contributed by atoms with E-state index in [1.807, 2.05) is 0 Å². The Balaban J connectivity index is 2.46. The first-order chi connectivity index (χ1) is 9.88. The molecule has 0 aromatic heterocycles. The standard InChI is InChI=1S/C14H11ClFNO4/c1-8(18)11-7-10(16)3-5-13(11)21-14-4-2-9(15)6-12(14)17(19)20/h2-8,18H,1H3/t8-/m0/s1. The molecule has 0 aliphatic heterocycles. The number of nitro groups is 1. The molecule has 7 heteroatoms. The van der Waals surface area contributed by atoms with Gasteiger partial charge in [0.05, 0.1) is 11.0 Å². The molecular formula is C14H11ClFNO4. The molecule has 0 amide bonds. The number of nitrogens with zero attached hydrogens (tertiary/aromatic N) is 1. The van der Waals surface area contributed by atoms with Gasteiger partial charge in [-0.05, 0) is 37.3 Å². The van der Waals surface area contributed by atoms with Gasteiger partial charge in [0.25, 0.3) is 0 Å². The van der Waals surface area contributed by atoms with Crippen molar-refractivity contribution in [2.45, 2.75) is 13.0 Å². The molecule has 0 heterocycles. The number of rotatable bonds is 4. The predicted molar refractivity (Wildman–Crippen MR) is 75.2 cm³/mol. The summed E-state index contributed by atoms with van der Waals surface area (Å²) in [4.78, 5) is 10.4. The third kappa shape index (κ3) is 3.48. The maximum absolute atomic E-state index is 13.2. The number of aliphatic hydroxyl groups excluding tert-OH is 1. The molecule has 0 fully saturated rings. The van der Waals surface area contributed by atoms with Gasteiger partial charge >= 0.3 is 5.69 Å². The second kappa shape index (κ2) is 6.07. The summed E-state index contributed by atoms with van der Waals surface area (Å²) in [6.45, 7) is 1.44. The summed E-state index contributed by atoms with van der Waals surface area (Å²) in [5.41, 5.74) is -0.123. The molecule has 2 aromatic rings. The Labute approximate surface area is 124 Å². The van der Waals surface area contributed by atoms with Crippen molar-refractivity contribution in [3.8, 4) is 11.5 Å². The number of halogens is 2. The lowest BCUT2D eigenvalue weighted by atomic mass is 10.1. The van der Waals surface area contributed by atoms with Crippen LogP contribution in [0.25, 0.3) is 0 Å². The van der Waals surface area contributed by atoms with Gasteiger partial charge in [-0.15, -0.1) is 0 Å². The molecule has 0 bridgehead atoms. The van der Waals surface area contributed by atoms with E-state index in [0.29, 0.717) is 0 Å². The van der Waals surface area contributed by atoms with Crippen LogP contribution >= 0.6 is 11.6 Å². The highest BCUT2D eigenvalue weighted by molar-refractivity contribution is 6.30. The number of aliphatic hydroxyl groups is 1. The Morgan fingerprint density at radius 1 is 1.29 bits per heavy atom. The van der Waals surface area contributed by atoms with Crippen molar-refractivity contribution in [3.63, 3.8) is 0 Å². The first kappa shape index (κ1) is 15.2. The van der Waals surface area contributed by atoms with Crippen LogP contribution < -0.4 is 4.74 Å². The Morgan fingerprint density at radius 3 is 2.57 bits per heavy atom. The molecule has 5 nitrogen and oxygen atoms in total. The first-order valence-corrected chi connectivity index (χ1v) is 6.35. The molecule has 2 aromatic carbocycles. The molecule has 1 atom stereocenters. The lowest BCUT2D eigenvalue weighted by molar-refractivity contribution is -0.385. The Morgan fingerprint density at radius 2 is 1.95 bits per heavy atom. The van der Waals surface area contributed by atoms with Gasteiger partial charge in [0.1, 0.15) is 11.6 Å². The maximum Gasteiger partial charge on any atom is 0.313 e. The van der Waals surface area contributed by atoms with Gasteiger partial charge < -0.3 is 9.84 Å². The van der Waals surface area contributed by atoms with Gasteiger partial charge in [-0.3, -0.25) is 10.1 Å². The van der Waals surface area contributed by atoms with E-state index in [2.05, 4.69) is 0 Å². The zero-order chi connectivity index (χ0) is 15.6. The molecule has 2 rings (SSSR count). The molecule has 0 saturated heterocycles. The minimum absolute atomic E-state index is 0.0436. The molecule has 0 aliphatic rings. The maximum atomic E-state index is 13.2. The van der Waals surface area contributed by atoms with Crippen molar-refractivity contribution < 1.29 is 19.2 Å². The predicted octanol–water partition coefficient (Wildman–Crippen LogP) is 4.23. The summed E-state index contributed by atoms with van der Waals surface area (Å²) in [5, 5.41) is 20.8. The van der Waals surface area contributed by atoms with E-state index in [9.17, 15) is 19.6 Å². The fourth-order valence-corrected chi connectivity index (χ4v) is 1.94. The molecular weight excluding hydrogens is 301 g/mol. The summed E-state index contributed by atoms with van der Waals surface area (Å²) < 4.78 is 18.7. The van der Waals surface area contributed by atoms with Crippen LogP contribution in [0.1, 0.15) is 18.6 Å². The van der Waals surface area contributed by atoms with Crippen molar-refractivity contribution in [1.82, 2.24) is 0 Å². The zero-order valence-corrected chi connectivity index (χ0v) is 11.7. The average molecular weight is 312 g/mol. The highest BCUT2D eigenvalue weighted by Gasteiger charge is 2.19. The topological polar surface area (TPSA) is 72.6 Å². The largest absolute Gasteiger partial charge is 0.450 e. The van der Waals surface area contributed by atoms with Crippen molar-refractivity contribution in [2.24, 2.45) is 0 Å². The van der Waals surface area contributed by atoms with E-state index in [4.69, 9.17) is 16.3 Å². The number of ether oxygens (including phenoxy) is 1. The third-order valence-corrected chi connectivity index (χ3v) is 2.99. The summed E-state index contributed by atoms with van der Waals surface area (Å²) in [6.07, 6.45) is -0.984. The van der Waals surface area contributed by atoms with Crippen LogP contribution in [0.15, 0.2) is 36.4 Å². The molecule has 0 aliphatic carbocycles. The summed E-state index contributed by atoms with van der Waals surface area (Å²) in [7, 11) is 0. The van der Waals surface area contributed by atoms with E-state index >= 15 is 0 Å². The molecule has 0 spiro atoms. The quantitative estimate of drug-likeness (QED) is 0.677. The van der Waals surface area contributed by atoms with Gasteiger partial charge in [0, 0.05) is 16.7 Å². The van der Waals surface area contributed by atoms with E-state index < -0.39 is 16.8 Å². The second-order valence-corrected chi connectivity index (χ2v) is 4.77. The smallest absolute Gasteiger partial charge is 0.313 e. The van der Waals surface area contributed by atoms with Crippen molar-refractivity contribution >= 4 is 17.3 Å². The highest BCUT2D eigenvalue weighted by Crippen LogP contribution is 2.36. The molecule has 21 heavy (non-hydrogen) atoms. The molecule has 1 N–H and O–H groups in total. The minimum Gasteiger partial charge on any atom is -0.450 e. The lowest BCUT2D eigenvalue weighted by Crippen LogP contribution is -1.99. The molecule has 0 unspecified atom stereocenters. The number of hydrogen-bond donors (Lipinski definition) is 1. The Bertz CT molecular complexity index is 691. The van der Waals surface area contributed by atoms with E-state index in [0.717, 1.165) is 18.2 Å². The van der Waals surface area contributed by atoms with E-state index in [1.54, 1.807) is 0 Å². The van der Waals surface area contributed by atoms with Crippen LogP contribution in [0, 0.1) is 15.9 Å². The SMILES string of the molecule is C[C@H](O)c1cc(F)ccc1Oc1ccc(Cl)cc1[N+](=O)[O-]. The number of hydrogen-bond acceptors (Lipinski definition) is 4. The second-order valence-electron chi connectivity index (χ2n) is 4.33. The highest BCUT2D eigenvalue weighted by atomic mass is 35.5. The molecule has 0 radical (unpaired) electrons. The fourth-order valence-electron chi connectivity index (χ4n) is 1.78. The van der Waals surface area contributed by atoms with Gasteiger partial charge in [0.15, 0.2) is 0 Å². The van der Waals surface area contributed by atoms with Crippen LogP contribution in [0.2, 0.25) is 5.02 Å². The monoisotopic (exact) mass is 311 g/mol. The van der Waals surface area contributed by atoms with Crippen molar-refractivity contribution in [1.29, 1.82) is 0 Å². The van der Waals surface area contributed by atoms with Crippen molar-refractivity contribution in [3.05, 3.63) is 62.9 Å². The van der Waals surface area contributed by atoms with Gasteiger partial charge in [-0.2, -0.15) is 0 Å². The van der Waals surface area contributed by atoms with Crippen LogP contribution in [0.3, 0.4) is 0 Å². The fraction of sp³-hybridized carbons (Fsp3) is 0.143. The molecule has 0 saturated carbocycles. The first-order valence-electron chi connectivity index (χ1n) is 5.98. The minimum atomic E-state index is -0.984. The number of benzene rings is 2. The summed E-state index contributed by atoms with van der Waals surface area (Å²) in [5.74, 6) is -0.446. The zero-order valence-electron chi connectivity index (χ0n) is 10.9. The van der Waals surface area contributed by atoms with E-state index in [-0.39, 0.29) is 27.8 Å². The Hall–Kier alpha value is -2.18. The van der Waals surface area contributed by atoms with Crippen LogP contribution in [0.4, 0.5) is 10.1 Å². The molecule has 110 valence electrons. The lowest BCUT2D eigenvalue weighted by Gasteiger charge is -2.13. The van der Waals surface area contributed by atoms with E-state index in [1.165, 1.54) is 25.1 Å². The normalized spacial score (nSPS) is 12.0. The van der Waals surface area contributed by atoms with Crippen LogP contribution in [-0.2, 0) is 0 Å². The number of nitro benzene ring substituents is 1. The van der Waals surface area contributed by atoms with Crippen molar-refractivity contribution in [2.75, 3.05) is 0 Å². The van der Waals surface area contributed by atoms with Gasteiger partial charge in [-0.1, -0.05) is 11.6 Å². The summed E-state index contributed by atoms with van der Waals surface area (Å²) >= 11 is 5.72. The van der Waals surface area contributed by atoms with Crippen LogP contribution in [0.5, 0.6) is 11.5 Å². The Kier molecular flexibility index (Phi) is 4.40. The van der Waals surface area contributed by atoms with Gasteiger partial charge in [-0.25, -0.2) is 4.39 Å². The van der Waals surface area contributed by atoms with Crippen LogP contribution in [-0.4, -0.2) is 10.0 Å². The third-order valence-electron chi connectivity index (χ3n) is 2.76.